The van der Waals surface area contributed by atoms with Crippen LogP contribution in [0.1, 0.15) is 39.0 Å². The Morgan fingerprint density at radius 1 is 1.10 bits per heavy atom. The van der Waals surface area contributed by atoms with Crippen molar-refractivity contribution in [3.8, 4) is 0 Å². The van der Waals surface area contributed by atoms with Crippen LogP contribution >= 0.6 is 0 Å². The minimum absolute atomic E-state index is 0.279. The molecule has 0 amide bonds. The highest BCUT2D eigenvalue weighted by atomic mass is 15.2. The second kappa shape index (κ2) is 7.21. The third-order valence-electron chi connectivity index (χ3n) is 5.70. The summed E-state index contributed by atoms with van der Waals surface area (Å²) in [5.74, 6) is 0. The van der Waals surface area contributed by atoms with Crippen LogP contribution in [0.3, 0.4) is 0 Å². The molecule has 0 aromatic heterocycles. The smallest absolute Gasteiger partial charge is 0.0344 e. The van der Waals surface area contributed by atoms with E-state index in [4.69, 9.17) is 5.73 Å². The van der Waals surface area contributed by atoms with Crippen molar-refractivity contribution in [1.29, 1.82) is 0 Å². The van der Waals surface area contributed by atoms with Gasteiger partial charge < -0.3 is 15.5 Å². The number of hydrogen-bond acceptors (Lipinski definition) is 4. The zero-order chi connectivity index (χ0) is 14.6. The monoisotopic (exact) mass is 282 g/mol. The quantitative estimate of drug-likeness (QED) is 0.841. The third kappa shape index (κ3) is 3.53. The molecule has 2 heterocycles. The van der Waals surface area contributed by atoms with Crippen LogP contribution in [0.2, 0.25) is 0 Å². The minimum Gasteiger partial charge on any atom is -0.329 e. The van der Waals surface area contributed by atoms with Gasteiger partial charge in [0.05, 0.1) is 0 Å². The van der Waals surface area contributed by atoms with Crippen LogP contribution in [0.15, 0.2) is 0 Å². The highest BCUT2D eigenvalue weighted by Crippen LogP contribution is 2.31. The fourth-order valence-corrected chi connectivity index (χ4v) is 4.06. The lowest BCUT2D eigenvalue weighted by Crippen LogP contribution is -2.58. The van der Waals surface area contributed by atoms with Crippen molar-refractivity contribution in [2.24, 2.45) is 5.73 Å². The molecule has 1 unspecified atom stereocenters. The van der Waals surface area contributed by atoms with E-state index in [1.807, 2.05) is 0 Å². The van der Waals surface area contributed by atoms with Gasteiger partial charge in [0.1, 0.15) is 0 Å². The zero-order valence-electron chi connectivity index (χ0n) is 13.8. The maximum atomic E-state index is 6.25. The van der Waals surface area contributed by atoms with Gasteiger partial charge in [-0.1, -0.05) is 6.92 Å². The normalized spacial score (nSPS) is 31.6. The Morgan fingerprint density at radius 2 is 1.80 bits per heavy atom. The molecule has 0 spiro atoms. The summed E-state index contributed by atoms with van der Waals surface area (Å²) in [5, 5.41) is 0. The summed E-state index contributed by atoms with van der Waals surface area (Å²) < 4.78 is 0. The standard InChI is InChI=1S/C16H34N4/c1-4-19-10-5-8-16(14-17,9-13-19)20-11-6-15(7-12-20)18(2)3/h15H,4-14,17H2,1-3H3. The van der Waals surface area contributed by atoms with Gasteiger partial charge in [0.15, 0.2) is 0 Å². The molecular weight excluding hydrogens is 248 g/mol. The van der Waals surface area contributed by atoms with E-state index in [1.54, 1.807) is 0 Å². The van der Waals surface area contributed by atoms with E-state index in [2.05, 4.69) is 35.7 Å². The van der Waals surface area contributed by atoms with E-state index in [0.29, 0.717) is 0 Å². The number of nitrogens with zero attached hydrogens (tertiary/aromatic N) is 3. The van der Waals surface area contributed by atoms with E-state index < -0.39 is 0 Å². The van der Waals surface area contributed by atoms with Gasteiger partial charge in [0, 0.05) is 31.2 Å². The Morgan fingerprint density at radius 3 is 2.35 bits per heavy atom. The minimum atomic E-state index is 0.279. The van der Waals surface area contributed by atoms with Gasteiger partial charge >= 0.3 is 0 Å². The Balaban J connectivity index is 1.97. The second-order valence-corrected chi connectivity index (χ2v) is 6.90. The first-order chi connectivity index (χ1) is 9.61. The summed E-state index contributed by atoms with van der Waals surface area (Å²) in [5.41, 5.74) is 6.53. The van der Waals surface area contributed by atoms with Crippen molar-refractivity contribution in [1.82, 2.24) is 14.7 Å². The topological polar surface area (TPSA) is 35.7 Å². The van der Waals surface area contributed by atoms with E-state index in [9.17, 15) is 0 Å². The van der Waals surface area contributed by atoms with Crippen LogP contribution in [0.4, 0.5) is 0 Å². The van der Waals surface area contributed by atoms with Crippen molar-refractivity contribution in [2.75, 3.05) is 53.4 Å². The van der Waals surface area contributed by atoms with Crippen LogP contribution in [-0.4, -0.2) is 79.6 Å². The summed E-state index contributed by atoms with van der Waals surface area (Å²) in [6, 6.07) is 0.763. The molecule has 2 N–H and O–H groups in total. The van der Waals surface area contributed by atoms with E-state index in [1.165, 1.54) is 64.8 Å². The Hall–Kier alpha value is -0.160. The van der Waals surface area contributed by atoms with Gasteiger partial charge in [-0.2, -0.15) is 0 Å². The molecule has 2 fully saturated rings. The van der Waals surface area contributed by atoms with Gasteiger partial charge in [-0.25, -0.2) is 0 Å². The van der Waals surface area contributed by atoms with Gasteiger partial charge in [-0.15, -0.1) is 0 Å². The number of rotatable bonds is 4. The van der Waals surface area contributed by atoms with Crippen molar-refractivity contribution in [3.63, 3.8) is 0 Å². The highest BCUT2D eigenvalue weighted by molar-refractivity contribution is 4.96. The molecule has 0 radical (unpaired) electrons. The van der Waals surface area contributed by atoms with Gasteiger partial charge in [-0.3, -0.25) is 4.90 Å². The number of likely N-dealkylation sites (tertiary alicyclic amines) is 2. The zero-order valence-corrected chi connectivity index (χ0v) is 13.8. The Labute approximate surface area is 125 Å². The maximum Gasteiger partial charge on any atom is 0.0344 e. The molecule has 2 saturated heterocycles. The van der Waals surface area contributed by atoms with Crippen LogP contribution in [0.25, 0.3) is 0 Å². The maximum absolute atomic E-state index is 6.25. The lowest BCUT2D eigenvalue weighted by molar-refractivity contribution is 0.0348. The number of nitrogens with two attached hydrogens (primary N) is 1. The van der Waals surface area contributed by atoms with E-state index >= 15 is 0 Å². The lowest BCUT2D eigenvalue weighted by atomic mass is 9.86. The summed E-state index contributed by atoms with van der Waals surface area (Å²) in [7, 11) is 4.42. The molecule has 2 aliphatic rings. The first-order valence-electron chi connectivity index (χ1n) is 8.45. The van der Waals surface area contributed by atoms with Crippen LogP contribution in [0, 0.1) is 0 Å². The molecule has 20 heavy (non-hydrogen) atoms. The van der Waals surface area contributed by atoms with E-state index in [0.717, 1.165) is 12.6 Å². The summed E-state index contributed by atoms with van der Waals surface area (Å²) >= 11 is 0. The van der Waals surface area contributed by atoms with Crippen molar-refractivity contribution in [2.45, 2.75) is 50.6 Å². The molecule has 2 aliphatic heterocycles. The SMILES string of the molecule is CCN1CCCC(CN)(N2CCC(N(C)C)CC2)CC1. The van der Waals surface area contributed by atoms with E-state index in [-0.39, 0.29) is 5.54 Å². The molecule has 1 atom stereocenters. The average molecular weight is 282 g/mol. The third-order valence-corrected chi connectivity index (χ3v) is 5.70. The van der Waals surface area contributed by atoms with Crippen LogP contribution in [0.5, 0.6) is 0 Å². The molecule has 4 nitrogen and oxygen atoms in total. The fraction of sp³-hybridized carbons (Fsp3) is 1.00. The van der Waals surface area contributed by atoms with Crippen LogP contribution < -0.4 is 5.73 Å². The fourth-order valence-electron chi connectivity index (χ4n) is 4.06. The van der Waals surface area contributed by atoms with Crippen molar-refractivity contribution in [3.05, 3.63) is 0 Å². The second-order valence-electron chi connectivity index (χ2n) is 6.90. The highest BCUT2D eigenvalue weighted by Gasteiger charge is 2.38. The van der Waals surface area contributed by atoms with Gasteiger partial charge in [-0.05, 0) is 65.8 Å². The first-order valence-corrected chi connectivity index (χ1v) is 8.45. The molecule has 118 valence electrons. The average Bonchev–Trinajstić information content (AvgIpc) is 2.70. The van der Waals surface area contributed by atoms with Crippen LogP contribution in [-0.2, 0) is 0 Å². The number of piperidine rings is 1. The lowest BCUT2D eigenvalue weighted by Gasteiger charge is -2.47. The molecule has 0 aromatic rings. The van der Waals surface area contributed by atoms with Gasteiger partial charge in [0.25, 0.3) is 0 Å². The molecule has 0 aliphatic carbocycles. The summed E-state index contributed by atoms with van der Waals surface area (Å²) in [6.07, 6.45) is 6.44. The van der Waals surface area contributed by atoms with Gasteiger partial charge in [0.2, 0.25) is 0 Å². The molecular formula is C16H34N4. The number of hydrogen-bond donors (Lipinski definition) is 1. The summed E-state index contributed by atoms with van der Waals surface area (Å²) in [4.78, 5) is 7.70. The van der Waals surface area contributed by atoms with Crippen molar-refractivity contribution < 1.29 is 0 Å². The molecule has 4 heteroatoms. The Kier molecular flexibility index (Phi) is 5.84. The summed E-state index contributed by atoms with van der Waals surface area (Å²) in [6.45, 7) is 9.23. The molecule has 0 saturated carbocycles. The van der Waals surface area contributed by atoms with Crippen molar-refractivity contribution >= 4 is 0 Å². The molecule has 2 rings (SSSR count). The largest absolute Gasteiger partial charge is 0.329 e. The predicted molar refractivity (Wildman–Crippen MR) is 86.0 cm³/mol. The first kappa shape index (κ1) is 16.2. The predicted octanol–water partition coefficient (Wildman–Crippen LogP) is 1.22. The Bertz CT molecular complexity index is 286. The molecule has 0 bridgehead atoms. The molecule has 0 aromatic carbocycles.